The fourth-order valence-corrected chi connectivity index (χ4v) is 3.87. The largest absolute Gasteiger partial charge is 0.486 e. The summed E-state index contributed by atoms with van der Waals surface area (Å²) < 4.78 is 38.3. The smallest absolute Gasteiger partial charge is 0.291 e. The third-order valence-electron chi connectivity index (χ3n) is 4.28. The fourth-order valence-electron chi connectivity index (χ4n) is 2.73. The normalized spacial score (nSPS) is 11.1. The Kier molecular flexibility index (Phi) is 6.57. The highest BCUT2D eigenvalue weighted by Crippen LogP contribution is 2.20. The maximum Gasteiger partial charge on any atom is 0.291 e. The van der Waals surface area contributed by atoms with Gasteiger partial charge in [0.1, 0.15) is 18.1 Å². The summed E-state index contributed by atoms with van der Waals surface area (Å²) in [6.07, 6.45) is 2.85. The van der Waals surface area contributed by atoms with Crippen LogP contribution in [-0.2, 0) is 16.6 Å². The van der Waals surface area contributed by atoms with Gasteiger partial charge in [0.2, 0.25) is 5.95 Å². The molecule has 0 aliphatic heterocycles. The molecule has 9 nitrogen and oxygen atoms in total. The van der Waals surface area contributed by atoms with Gasteiger partial charge in [-0.3, -0.25) is 4.79 Å². The molecule has 33 heavy (non-hydrogen) atoms. The minimum Gasteiger partial charge on any atom is -0.486 e. The van der Waals surface area contributed by atoms with E-state index in [0.717, 1.165) is 0 Å². The van der Waals surface area contributed by atoms with Crippen LogP contribution in [0.3, 0.4) is 0 Å². The molecule has 0 bridgehead atoms. The van der Waals surface area contributed by atoms with E-state index >= 15 is 0 Å². The third-order valence-corrected chi connectivity index (χ3v) is 5.86. The minimum absolute atomic E-state index is 0.00796. The van der Waals surface area contributed by atoms with Gasteiger partial charge in [0.25, 0.3) is 15.9 Å². The van der Waals surface area contributed by atoms with Gasteiger partial charge in [-0.25, -0.2) is 23.1 Å². The van der Waals surface area contributed by atoms with Crippen LogP contribution in [0.1, 0.15) is 16.3 Å². The van der Waals surface area contributed by atoms with Crippen molar-refractivity contribution in [1.29, 1.82) is 0 Å². The molecule has 11 heteroatoms. The van der Waals surface area contributed by atoms with Crippen molar-refractivity contribution >= 4 is 39.2 Å². The Morgan fingerprint density at radius 3 is 2.48 bits per heavy atom. The molecule has 2 heterocycles. The van der Waals surface area contributed by atoms with Gasteiger partial charge < -0.3 is 14.5 Å². The molecule has 0 radical (unpaired) electrons. The summed E-state index contributed by atoms with van der Waals surface area (Å²) in [5, 5.41) is 3.20. The predicted molar refractivity (Wildman–Crippen MR) is 122 cm³/mol. The molecular formula is C22H17ClN4O5S. The van der Waals surface area contributed by atoms with Crippen molar-refractivity contribution in [3.8, 4) is 5.75 Å². The molecule has 0 atom stereocenters. The van der Waals surface area contributed by atoms with Crippen LogP contribution in [0, 0.1) is 0 Å². The number of halogens is 1. The number of rotatable bonds is 8. The Balaban J connectivity index is 1.36. The Morgan fingerprint density at radius 2 is 1.76 bits per heavy atom. The first-order valence-corrected chi connectivity index (χ1v) is 11.4. The molecule has 0 aliphatic carbocycles. The van der Waals surface area contributed by atoms with Crippen LogP contribution in [0.25, 0.3) is 0 Å². The van der Waals surface area contributed by atoms with Gasteiger partial charge in [0.15, 0.2) is 5.76 Å². The Labute approximate surface area is 194 Å². The van der Waals surface area contributed by atoms with Crippen LogP contribution >= 0.6 is 11.6 Å². The van der Waals surface area contributed by atoms with E-state index in [1.165, 1.54) is 42.7 Å². The molecule has 0 unspecified atom stereocenters. The van der Waals surface area contributed by atoms with Crippen LogP contribution in [0.5, 0.6) is 5.75 Å². The summed E-state index contributed by atoms with van der Waals surface area (Å²) in [5.41, 5.74) is 0.392. The highest BCUT2D eigenvalue weighted by Gasteiger charge is 2.16. The second-order valence-electron chi connectivity index (χ2n) is 6.67. The quantitative estimate of drug-likeness (QED) is 0.381. The molecule has 0 aliphatic rings. The van der Waals surface area contributed by atoms with Gasteiger partial charge >= 0.3 is 0 Å². The summed E-state index contributed by atoms with van der Waals surface area (Å²) >= 11 is 5.92. The molecule has 4 aromatic rings. The maximum atomic E-state index is 12.5. The number of benzene rings is 2. The second kappa shape index (κ2) is 9.72. The predicted octanol–water partition coefficient (Wildman–Crippen LogP) is 4.36. The Bertz CT molecular complexity index is 1360. The number of carbonyl (C=O) groups excluding carboxylic acids is 1. The number of ether oxygens (including phenoxy) is 1. The van der Waals surface area contributed by atoms with E-state index in [-0.39, 0.29) is 23.2 Å². The molecule has 2 aromatic carbocycles. The van der Waals surface area contributed by atoms with Crippen molar-refractivity contribution in [3.05, 3.63) is 95.7 Å². The van der Waals surface area contributed by atoms with E-state index in [2.05, 4.69) is 20.0 Å². The van der Waals surface area contributed by atoms with Crippen molar-refractivity contribution in [2.75, 3.05) is 10.0 Å². The lowest BCUT2D eigenvalue weighted by Gasteiger charge is -2.08. The standard InChI is InChI=1S/C22H17ClN4O5S/c23-15-3-1-4-17(13-15)31-14-18-7-10-20(32-18)21(28)26-16-5-8-19(9-6-16)33(29,30)27-22-24-11-2-12-25-22/h1-13H,14H2,(H,26,28)(H,24,25,27). The zero-order valence-corrected chi connectivity index (χ0v) is 18.5. The minimum atomic E-state index is -3.87. The summed E-state index contributed by atoms with van der Waals surface area (Å²) in [5.74, 6) is 0.585. The summed E-state index contributed by atoms with van der Waals surface area (Å²) in [7, 11) is -3.87. The number of hydrogen-bond donors (Lipinski definition) is 2. The van der Waals surface area contributed by atoms with Crippen LogP contribution in [0.2, 0.25) is 5.02 Å². The third kappa shape index (κ3) is 5.88. The summed E-state index contributed by atoms with van der Waals surface area (Å²) in [6, 6.07) is 17.3. The van der Waals surface area contributed by atoms with Crippen molar-refractivity contribution in [2.45, 2.75) is 11.5 Å². The highest BCUT2D eigenvalue weighted by atomic mass is 35.5. The van der Waals surface area contributed by atoms with Gasteiger partial charge in [-0.1, -0.05) is 17.7 Å². The zero-order valence-electron chi connectivity index (χ0n) is 16.9. The molecule has 0 spiro atoms. The first kappa shape index (κ1) is 22.3. The van der Waals surface area contributed by atoms with Crippen LogP contribution in [0.15, 0.2) is 88.4 Å². The molecule has 2 aromatic heterocycles. The van der Waals surface area contributed by atoms with Crippen LogP contribution in [0.4, 0.5) is 11.6 Å². The van der Waals surface area contributed by atoms with Crippen molar-refractivity contribution in [1.82, 2.24) is 9.97 Å². The molecule has 0 saturated carbocycles. The monoisotopic (exact) mass is 484 g/mol. The van der Waals surface area contributed by atoms with Crippen molar-refractivity contribution in [2.24, 2.45) is 0 Å². The number of anilines is 2. The highest BCUT2D eigenvalue weighted by molar-refractivity contribution is 7.92. The summed E-state index contributed by atoms with van der Waals surface area (Å²) in [6.45, 7) is 0.123. The number of aromatic nitrogens is 2. The molecule has 0 fully saturated rings. The lowest BCUT2D eigenvalue weighted by molar-refractivity contribution is 0.0992. The van der Waals surface area contributed by atoms with Crippen LogP contribution < -0.4 is 14.8 Å². The number of furan rings is 1. The van der Waals surface area contributed by atoms with Crippen molar-refractivity contribution < 1.29 is 22.4 Å². The molecular weight excluding hydrogens is 468 g/mol. The lowest BCUT2D eigenvalue weighted by atomic mass is 10.3. The van der Waals surface area contributed by atoms with Gasteiger partial charge in [-0.2, -0.15) is 0 Å². The molecule has 0 saturated heterocycles. The SMILES string of the molecule is O=C(Nc1ccc(S(=O)(=O)Nc2ncccn2)cc1)c1ccc(COc2cccc(Cl)c2)o1. The van der Waals surface area contributed by atoms with E-state index in [4.69, 9.17) is 20.8 Å². The van der Waals surface area contributed by atoms with Crippen molar-refractivity contribution in [3.63, 3.8) is 0 Å². The summed E-state index contributed by atoms with van der Waals surface area (Å²) in [4.78, 5) is 20.1. The number of amides is 1. The molecule has 2 N–H and O–H groups in total. The van der Waals surface area contributed by atoms with Crippen LogP contribution in [-0.4, -0.2) is 24.3 Å². The van der Waals surface area contributed by atoms with E-state index in [0.29, 0.717) is 22.2 Å². The number of carbonyl (C=O) groups is 1. The fraction of sp³-hybridized carbons (Fsp3) is 0.0455. The average molecular weight is 485 g/mol. The second-order valence-corrected chi connectivity index (χ2v) is 8.79. The lowest BCUT2D eigenvalue weighted by Crippen LogP contribution is -2.15. The van der Waals surface area contributed by atoms with E-state index in [1.807, 2.05) is 0 Å². The number of sulfonamides is 1. The molecule has 4 rings (SSSR count). The first-order chi connectivity index (χ1) is 15.9. The van der Waals surface area contributed by atoms with E-state index in [1.54, 1.807) is 36.4 Å². The van der Waals surface area contributed by atoms with E-state index < -0.39 is 15.9 Å². The van der Waals surface area contributed by atoms with Gasteiger partial charge in [0.05, 0.1) is 4.90 Å². The molecule has 1 amide bonds. The number of nitrogens with one attached hydrogen (secondary N) is 2. The van der Waals surface area contributed by atoms with Gasteiger partial charge in [-0.15, -0.1) is 0 Å². The Hall–Kier alpha value is -3.89. The number of hydrogen-bond acceptors (Lipinski definition) is 7. The topological polar surface area (TPSA) is 123 Å². The van der Waals surface area contributed by atoms with Gasteiger partial charge in [-0.05, 0) is 60.7 Å². The first-order valence-electron chi connectivity index (χ1n) is 9.57. The molecule has 168 valence electrons. The average Bonchev–Trinajstić information content (AvgIpc) is 3.28. The Morgan fingerprint density at radius 1 is 1.00 bits per heavy atom. The maximum absolute atomic E-state index is 12.5. The van der Waals surface area contributed by atoms with Gasteiger partial charge in [0, 0.05) is 23.1 Å². The number of nitrogens with zero attached hydrogens (tertiary/aromatic N) is 2. The van der Waals surface area contributed by atoms with E-state index in [9.17, 15) is 13.2 Å². The zero-order chi connectivity index (χ0) is 23.3.